The third-order valence-electron chi connectivity index (χ3n) is 19.1. The van der Waals surface area contributed by atoms with Crippen molar-refractivity contribution in [3.8, 4) is 0 Å². The number of rotatable bonds is 54. The number of H-pyrrole nitrogens is 2. The number of carboxylic acid groups (broad SMARTS) is 1. The van der Waals surface area contributed by atoms with Crippen molar-refractivity contribution in [2.45, 2.75) is 178 Å². The van der Waals surface area contributed by atoms with Gasteiger partial charge in [0.2, 0.25) is 88.6 Å². The Morgan fingerprint density at radius 3 is 1.66 bits per heavy atom. The molecule has 3 aromatic heterocycles. The number of primary amides is 2. The van der Waals surface area contributed by atoms with Crippen LogP contribution < -0.4 is 97.4 Å². The van der Waals surface area contributed by atoms with Crippen LogP contribution in [0.4, 0.5) is 0 Å². The first-order valence-corrected chi connectivity index (χ1v) is 40.2. The van der Waals surface area contributed by atoms with Gasteiger partial charge in [-0.2, -0.15) is 25.3 Å². The number of thiol groups is 2. The molecule has 14 atom stereocenters. The van der Waals surface area contributed by atoms with E-state index in [1.165, 1.54) is 32.6 Å². The minimum absolute atomic E-state index is 0.0345. The molecule has 27 N–H and O–H groups in total. The largest absolute Gasteiger partial charge is 0.481 e. The first-order valence-electron chi connectivity index (χ1n) is 39.0. The number of carboxylic acids is 1. The summed E-state index contributed by atoms with van der Waals surface area (Å²) in [5.41, 5.74) is 24.2. The van der Waals surface area contributed by atoms with Gasteiger partial charge in [-0.1, -0.05) is 70.5 Å². The monoisotopic (exact) mass is 1730 g/mol. The Balaban J connectivity index is 1.37. The fourth-order valence-corrected chi connectivity index (χ4v) is 12.9. The summed E-state index contributed by atoms with van der Waals surface area (Å²) in [6.07, 6.45) is 1.50. The number of hydrogen-bond acceptors (Lipinski definition) is 24. The van der Waals surface area contributed by atoms with Gasteiger partial charge in [-0.25, -0.2) is 4.98 Å². The van der Waals surface area contributed by atoms with Gasteiger partial charge < -0.3 is 132 Å². The van der Waals surface area contributed by atoms with E-state index in [1.807, 2.05) is 0 Å². The molecule has 0 bridgehead atoms. The van der Waals surface area contributed by atoms with Crippen LogP contribution in [0.5, 0.6) is 0 Å². The van der Waals surface area contributed by atoms with E-state index < -0.39 is 223 Å². The third kappa shape index (κ3) is 32.6. The van der Waals surface area contributed by atoms with Crippen molar-refractivity contribution in [2.24, 2.45) is 41.8 Å². The van der Waals surface area contributed by atoms with Crippen LogP contribution in [-0.2, 0) is 112 Å². The van der Waals surface area contributed by atoms with Gasteiger partial charge in [0.1, 0.15) is 79.1 Å². The van der Waals surface area contributed by atoms with Crippen molar-refractivity contribution in [1.29, 1.82) is 5.41 Å². The molecule has 0 saturated carbocycles. The Bertz CT molecular complexity index is 4410. The van der Waals surface area contributed by atoms with Gasteiger partial charge >= 0.3 is 5.97 Å². The van der Waals surface area contributed by atoms with E-state index >= 15 is 4.79 Å². The summed E-state index contributed by atoms with van der Waals surface area (Å²) < 4.78 is 12.4. The number of fused-ring (bicyclic) bond motifs is 2. The number of aryl methyl sites for hydroxylation is 1. The molecule has 121 heavy (non-hydrogen) atoms. The number of ether oxygens (including phenoxy) is 2. The molecule has 0 aliphatic heterocycles. The maximum absolute atomic E-state index is 15.0. The zero-order valence-electron chi connectivity index (χ0n) is 68.2. The number of aromatic amines is 2. The summed E-state index contributed by atoms with van der Waals surface area (Å²) >= 11 is 8.48. The highest BCUT2D eigenvalue weighted by molar-refractivity contribution is 7.80. The third-order valence-corrected chi connectivity index (χ3v) is 19.9. The molecule has 0 unspecified atom stereocenters. The van der Waals surface area contributed by atoms with Crippen molar-refractivity contribution in [3.63, 3.8) is 0 Å². The molecular formula is C76H113N23O20S2. The van der Waals surface area contributed by atoms with Crippen molar-refractivity contribution in [2.75, 3.05) is 57.6 Å². The molecule has 0 aliphatic carbocycles. The summed E-state index contributed by atoms with van der Waals surface area (Å²) in [5.74, 6) is -18.7. The lowest BCUT2D eigenvalue weighted by Crippen LogP contribution is -2.61. The fraction of sp³-hybridized carbons (Fsp3) is 0.526. The average molecular weight is 1730 g/mol. The molecule has 2 aromatic carbocycles. The van der Waals surface area contributed by atoms with Gasteiger partial charge in [0, 0.05) is 97.7 Å². The Labute approximate surface area is 707 Å². The van der Waals surface area contributed by atoms with Crippen LogP contribution in [0.25, 0.3) is 21.8 Å². The van der Waals surface area contributed by atoms with Crippen molar-refractivity contribution < 1.29 is 96.4 Å². The quantitative estimate of drug-likeness (QED) is 0.00745. The molecule has 5 aromatic rings. The normalized spacial score (nSPS) is 14.7. The number of aliphatic hydroxyl groups excluding tert-OH is 1. The highest BCUT2D eigenvalue weighted by Gasteiger charge is 2.39. The number of nitrogens with one attached hydrogen (secondary N) is 17. The Kier molecular flexibility index (Phi) is 41.3. The number of aromatic nitrogens is 4. The molecule has 0 fully saturated rings. The number of carbonyl (C=O) groups excluding carboxylic acids is 15. The van der Waals surface area contributed by atoms with Crippen molar-refractivity contribution >= 4 is 148 Å². The SMILES string of the molecule is CC[C@H](C)[C@H](NC(=O)COCCOCCN)C(=O)N[C@@H](CS)C(=O)N[C@H](C(=O)N[C@@H](Cc1cn(C)c2ccccc12)C(=O)N[C@@H](CCC(N)=O)C(=O)N[C@@H](CC(=O)O)C(=O)N[C@@H](Cc1c[nH]c2ccccc12)C(=O)NCC(=O)N[C@@H](C)C(=O)N[C@@H](Cc1c[nH]cn1)C(=O)N[C@@H](CCCNC(=N)N)C(=O)N[C@@H](CS)C(=O)N[C@H](C(N)=O)[C@@H](C)O)C(C)C. The van der Waals surface area contributed by atoms with Crippen LogP contribution in [0.15, 0.2) is 73.4 Å². The van der Waals surface area contributed by atoms with Gasteiger partial charge in [-0.3, -0.25) is 82.1 Å². The standard InChI is InChI=1S/C76H113N23O20S2/c1-8-39(4)62(96-59(103)34-119-25-24-118-23-21-77)75(117)95-55(36-121)72(114)97-61(38(2)3)74(116)93-51(27-43-33-99(7)56-18-12-10-15-46(43)56)69(111)89-49(19-20-57(78)101)68(110)92-53(29-60(104)105)71(113)91-50(26-42-30-84-47-16-11-9-14-45(42)47)66(108)85-32-58(102)87-40(5)65(107)90-52(28-44-31-82-37-86-44)70(112)88-48(17-13-22-83-76(80)81)67(109)94-54(35-120)73(115)98-63(41(6)100)64(79)106/h9-12,14-16,18,30-31,33,37-41,48-55,61-63,84,100,120-121H,8,13,17,19-29,32,34-36,77H2,1-7H3,(H2,78,101)(H2,79,106)(H,82,86)(H,85,108)(H,87,102)(H,88,112)(H,89,111)(H,90,107)(H,91,113)(H,92,110)(H,93,116)(H,94,109)(H,95,117)(H,96,103)(H,97,114)(H,98,115)(H,104,105)(H4,80,81,83)/t39-,40-,41+,48-,49-,50-,51-,52-,53-,54-,55-,61-,62-,63-/m0/s1. The molecule has 0 aliphatic rings. The number of nitrogens with zero attached hydrogens (tertiary/aromatic N) is 2. The van der Waals surface area contributed by atoms with Gasteiger partial charge in [0.25, 0.3) is 0 Å². The second kappa shape index (κ2) is 50.2. The number of para-hydroxylation sites is 2. The first kappa shape index (κ1) is 99.6. The number of carbonyl (C=O) groups is 16. The van der Waals surface area contributed by atoms with E-state index in [0.29, 0.717) is 45.9 Å². The number of imidazole rings is 1. The van der Waals surface area contributed by atoms with Crippen molar-refractivity contribution in [3.05, 3.63) is 90.3 Å². The zero-order valence-corrected chi connectivity index (χ0v) is 69.9. The highest BCUT2D eigenvalue weighted by Crippen LogP contribution is 2.24. The molecule has 45 heteroatoms. The van der Waals surface area contributed by atoms with E-state index in [0.717, 1.165) is 0 Å². The van der Waals surface area contributed by atoms with E-state index in [1.54, 1.807) is 94.0 Å². The predicted molar refractivity (Wildman–Crippen MR) is 446 cm³/mol. The van der Waals surface area contributed by atoms with Gasteiger partial charge in [0.15, 0.2) is 5.96 Å². The highest BCUT2D eigenvalue weighted by atomic mass is 32.1. The molecule has 0 radical (unpaired) electrons. The summed E-state index contributed by atoms with van der Waals surface area (Å²) in [5, 5.41) is 64.1. The lowest BCUT2D eigenvalue weighted by Gasteiger charge is -2.29. The van der Waals surface area contributed by atoms with E-state index in [2.05, 4.69) is 115 Å². The number of nitrogens with two attached hydrogens (primary N) is 4. The average Bonchev–Trinajstić information content (AvgIpc) is 1.64. The van der Waals surface area contributed by atoms with Gasteiger partial charge in [-0.15, -0.1) is 0 Å². The second-order valence-electron chi connectivity index (χ2n) is 29.0. The van der Waals surface area contributed by atoms with E-state index in [9.17, 15) is 82.1 Å². The van der Waals surface area contributed by atoms with Crippen LogP contribution in [0.1, 0.15) is 96.9 Å². The molecule has 15 amide bonds. The molecule has 0 spiro atoms. The molecular weight excluding hydrogens is 1620 g/mol. The maximum atomic E-state index is 15.0. The van der Waals surface area contributed by atoms with Crippen LogP contribution >= 0.6 is 25.3 Å². The van der Waals surface area contributed by atoms with Crippen LogP contribution in [0.2, 0.25) is 0 Å². The molecule has 5 rings (SSSR count). The number of aliphatic hydroxyl groups is 1. The predicted octanol–water partition coefficient (Wildman–Crippen LogP) is -6.21. The summed E-state index contributed by atoms with van der Waals surface area (Å²) in [6, 6.07) is -4.90. The van der Waals surface area contributed by atoms with E-state index in [-0.39, 0.29) is 75.7 Å². The van der Waals surface area contributed by atoms with Crippen LogP contribution in [0.3, 0.4) is 0 Å². The van der Waals surface area contributed by atoms with Crippen LogP contribution in [-0.4, -0.2) is 266 Å². The Hall–Kier alpha value is -11.9. The Morgan fingerprint density at radius 2 is 1.07 bits per heavy atom. The number of amides is 15. The van der Waals surface area contributed by atoms with Crippen molar-refractivity contribution in [1.82, 2.24) is 94.0 Å². The maximum Gasteiger partial charge on any atom is 0.305 e. The fourth-order valence-electron chi connectivity index (χ4n) is 12.4. The van der Waals surface area contributed by atoms with Crippen LogP contribution in [0, 0.1) is 17.2 Å². The topological polar surface area (TPSA) is 678 Å². The number of aliphatic carboxylic acids is 1. The lowest BCUT2D eigenvalue weighted by molar-refractivity contribution is -0.141. The molecule has 43 nitrogen and oxygen atoms in total. The summed E-state index contributed by atoms with van der Waals surface area (Å²) in [4.78, 5) is 231. The summed E-state index contributed by atoms with van der Waals surface area (Å²) in [7, 11) is 1.73. The lowest BCUT2D eigenvalue weighted by atomic mass is 9.97. The van der Waals surface area contributed by atoms with E-state index in [4.69, 9.17) is 37.8 Å². The molecule has 3 heterocycles. The minimum Gasteiger partial charge on any atom is -0.481 e. The second-order valence-corrected chi connectivity index (χ2v) is 29.7. The smallest absolute Gasteiger partial charge is 0.305 e. The summed E-state index contributed by atoms with van der Waals surface area (Å²) in [6.45, 7) is 8.64. The molecule has 0 saturated heterocycles. The molecule has 664 valence electrons. The zero-order chi connectivity index (χ0) is 89.7. The Morgan fingerprint density at radius 1 is 0.554 bits per heavy atom. The number of benzene rings is 2. The first-order chi connectivity index (χ1) is 57.4. The van der Waals surface area contributed by atoms with Gasteiger partial charge in [-0.05, 0) is 68.2 Å². The van der Waals surface area contributed by atoms with Gasteiger partial charge in [0.05, 0.1) is 50.9 Å². The number of guanidine groups is 1. The minimum atomic E-state index is -2.08. The number of hydrogen-bond donors (Lipinski definition) is 25.